The van der Waals surface area contributed by atoms with Crippen molar-refractivity contribution in [3.8, 4) is 33.4 Å². The third kappa shape index (κ3) is 3.50. The van der Waals surface area contributed by atoms with Gasteiger partial charge < -0.3 is 4.42 Å². The van der Waals surface area contributed by atoms with Crippen molar-refractivity contribution in [1.29, 1.82) is 0 Å². The Hall–Kier alpha value is -5.66. The van der Waals surface area contributed by atoms with Crippen molar-refractivity contribution < 1.29 is 4.42 Å². The van der Waals surface area contributed by atoms with Crippen LogP contribution in [-0.2, 0) is 6.42 Å². The Morgan fingerprint density at radius 3 is 1.69 bits per heavy atom. The zero-order valence-electron chi connectivity index (χ0n) is 24.7. The van der Waals surface area contributed by atoms with Crippen LogP contribution in [-0.4, -0.2) is 0 Å². The Balaban J connectivity index is 1.34. The Bertz CT molecular complexity index is 2630. The SMILES string of the molecule is C1=c2oc3cccc4c(-c5c6ccccc6c(-c6cccc7c(-c8ccccc8)cccc67)c6ccccc56)cc(c2c34)CC1. The van der Waals surface area contributed by atoms with E-state index in [4.69, 9.17) is 4.42 Å². The van der Waals surface area contributed by atoms with Gasteiger partial charge in [-0.15, -0.1) is 0 Å². The van der Waals surface area contributed by atoms with Gasteiger partial charge in [0.05, 0.1) is 0 Å². The van der Waals surface area contributed by atoms with Gasteiger partial charge in [0.1, 0.15) is 11.0 Å². The summed E-state index contributed by atoms with van der Waals surface area (Å²) in [4.78, 5) is 0. The Labute approximate surface area is 260 Å². The zero-order valence-corrected chi connectivity index (χ0v) is 24.7. The lowest BCUT2D eigenvalue weighted by Crippen LogP contribution is -2.05. The number of hydrogen-bond acceptors (Lipinski definition) is 1. The number of furan rings is 1. The van der Waals surface area contributed by atoms with Crippen LogP contribution < -0.4 is 5.42 Å². The summed E-state index contributed by atoms with van der Waals surface area (Å²) in [5, 5.41) is 11.5. The molecule has 0 saturated carbocycles. The first kappa shape index (κ1) is 24.7. The Morgan fingerprint density at radius 1 is 0.422 bits per heavy atom. The van der Waals surface area contributed by atoms with Crippen LogP contribution >= 0.6 is 0 Å². The van der Waals surface area contributed by atoms with Gasteiger partial charge >= 0.3 is 0 Å². The minimum absolute atomic E-state index is 0.981. The van der Waals surface area contributed by atoms with Crippen molar-refractivity contribution in [2.45, 2.75) is 12.8 Å². The summed E-state index contributed by atoms with van der Waals surface area (Å²) in [5.41, 5.74) is 11.1. The smallest absolute Gasteiger partial charge is 0.136 e. The van der Waals surface area contributed by atoms with E-state index in [1.54, 1.807) is 0 Å². The number of aryl methyl sites for hydroxylation is 1. The van der Waals surface area contributed by atoms with Crippen LogP contribution in [0.2, 0.25) is 0 Å². The molecule has 0 spiro atoms. The molecular weight excluding hydrogens is 544 g/mol. The van der Waals surface area contributed by atoms with Crippen LogP contribution in [0.1, 0.15) is 12.0 Å². The highest BCUT2D eigenvalue weighted by Crippen LogP contribution is 2.48. The monoisotopic (exact) mass is 572 g/mol. The molecule has 1 nitrogen and oxygen atoms in total. The largest absolute Gasteiger partial charge is 0.456 e. The van der Waals surface area contributed by atoms with Crippen molar-refractivity contribution in [1.82, 2.24) is 0 Å². The molecule has 0 atom stereocenters. The van der Waals surface area contributed by atoms with Crippen LogP contribution in [0, 0.1) is 0 Å². The van der Waals surface area contributed by atoms with Gasteiger partial charge in [-0.25, -0.2) is 0 Å². The molecule has 210 valence electrons. The Morgan fingerprint density at radius 2 is 0.978 bits per heavy atom. The van der Waals surface area contributed by atoms with Gasteiger partial charge in [0.25, 0.3) is 0 Å². The van der Waals surface area contributed by atoms with E-state index in [1.165, 1.54) is 87.4 Å². The fourth-order valence-corrected chi connectivity index (χ4v) is 8.05. The van der Waals surface area contributed by atoms with E-state index in [2.05, 4.69) is 146 Å². The zero-order chi connectivity index (χ0) is 29.5. The fraction of sp³-hybridized carbons (Fsp3) is 0.0455. The van der Waals surface area contributed by atoms with Crippen LogP contribution in [0.25, 0.3) is 93.5 Å². The first-order chi connectivity index (χ1) is 22.3. The van der Waals surface area contributed by atoms with Gasteiger partial charge in [-0.2, -0.15) is 0 Å². The highest BCUT2D eigenvalue weighted by Gasteiger charge is 2.23. The number of fused-ring (bicyclic) bond motifs is 3. The molecule has 45 heavy (non-hydrogen) atoms. The normalized spacial score (nSPS) is 12.9. The average molecular weight is 573 g/mol. The maximum Gasteiger partial charge on any atom is 0.136 e. The molecule has 0 aliphatic heterocycles. The minimum Gasteiger partial charge on any atom is -0.456 e. The van der Waals surface area contributed by atoms with Crippen molar-refractivity contribution in [2.75, 3.05) is 0 Å². The topological polar surface area (TPSA) is 13.1 Å². The van der Waals surface area contributed by atoms with E-state index >= 15 is 0 Å². The predicted octanol–water partition coefficient (Wildman–Crippen LogP) is 11.5. The third-order valence-corrected chi connectivity index (χ3v) is 9.89. The van der Waals surface area contributed by atoms with E-state index in [0.29, 0.717) is 0 Å². The molecule has 1 heterocycles. The summed E-state index contributed by atoms with van der Waals surface area (Å²) in [7, 11) is 0. The van der Waals surface area contributed by atoms with Gasteiger partial charge in [-0.1, -0.05) is 127 Å². The first-order valence-corrected chi connectivity index (χ1v) is 15.8. The van der Waals surface area contributed by atoms with E-state index in [1.807, 2.05) is 0 Å². The molecular formula is C44H28O. The molecule has 1 aliphatic rings. The molecule has 1 aliphatic carbocycles. The molecule has 0 amide bonds. The summed E-state index contributed by atoms with van der Waals surface area (Å²) in [6, 6.07) is 51.3. The summed E-state index contributed by atoms with van der Waals surface area (Å²) in [6.45, 7) is 0. The second-order valence-corrected chi connectivity index (χ2v) is 12.3. The van der Waals surface area contributed by atoms with Gasteiger partial charge in [0.2, 0.25) is 0 Å². The lowest BCUT2D eigenvalue weighted by molar-refractivity contribution is 0.579. The second-order valence-electron chi connectivity index (χ2n) is 12.3. The quantitative estimate of drug-likeness (QED) is 0.192. The van der Waals surface area contributed by atoms with Gasteiger partial charge in [-0.05, 0) is 108 Å². The van der Waals surface area contributed by atoms with E-state index in [-0.39, 0.29) is 0 Å². The molecule has 9 aromatic rings. The summed E-state index contributed by atoms with van der Waals surface area (Å²) < 4.78 is 6.39. The standard InChI is InChI=1S/C44H28O/c1-2-12-27(13-3-1)29-19-9-21-31-30(29)20-10-22-32(31)42-33-15-4-6-17-35(33)43(36-18-7-5-16-34(36)42)38-26-28-14-8-24-39-41(28)44-37(38)23-11-25-40(44)45-39/h1-7,9-13,15-26H,8,14H2. The first-order valence-electron chi connectivity index (χ1n) is 15.8. The van der Waals surface area contributed by atoms with E-state index in [0.717, 1.165) is 23.8 Å². The maximum atomic E-state index is 6.39. The van der Waals surface area contributed by atoms with E-state index < -0.39 is 0 Å². The van der Waals surface area contributed by atoms with Crippen molar-refractivity contribution >= 4 is 60.1 Å². The number of benzene rings is 8. The summed E-state index contributed by atoms with van der Waals surface area (Å²) >= 11 is 0. The van der Waals surface area contributed by atoms with Crippen molar-refractivity contribution in [2.24, 2.45) is 0 Å². The molecule has 1 heteroatoms. The van der Waals surface area contributed by atoms with Gasteiger partial charge in [-0.3, -0.25) is 0 Å². The number of hydrogen-bond donors (Lipinski definition) is 0. The summed E-state index contributed by atoms with van der Waals surface area (Å²) in [5.74, 6) is 0. The van der Waals surface area contributed by atoms with Crippen LogP contribution in [0.4, 0.5) is 0 Å². The van der Waals surface area contributed by atoms with Crippen LogP contribution in [0.3, 0.4) is 0 Å². The highest BCUT2D eigenvalue weighted by molar-refractivity contribution is 6.27. The molecule has 0 N–H and O–H groups in total. The maximum absolute atomic E-state index is 6.39. The lowest BCUT2D eigenvalue weighted by Gasteiger charge is -2.21. The molecule has 0 bridgehead atoms. The van der Waals surface area contributed by atoms with Crippen molar-refractivity contribution in [3.63, 3.8) is 0 Å². The second kappa shape index (κ2) is 9.42. The van der Waals surface area contributed by atoms with Crippen LogP contribution in [0.5, 0.6) is 0 Å². The van der Waals surface area contributed by atoms with Crippen molar-refractivity contribution in [3.05, 3.63) is 151 Å². The van der Waals surface area contributed by atoms with Crippen LogP contribution in [0.15, 0.2) is 144 Å². The molecule has 0 fully saturated rings. The van der Waals surface area contributed by atoms with Gasteiger partial charge in [0.15, 0.2) is 0 Å². The average Bonchev–Trinajstić information content (AvgIpc) is 3.50. The fourth-order valence-electron chi connectivity index (χ4n) is 8.05. The summed E-state index contributed by atoms with van der Waals surface area (Å²) in [6.07, 6.45) is 4.30. The third-order valence-electron chi connectivity index (χ3n) is 9.89. The lowest BCUT2D eigenvalue weighted by atomic mass is 9.82. The number of rotatable bonds is 3. The molecule has 10 rings (SSSR count). The minimum atomic E-state index is 0.981. The molecule has 0 saturated heterocycles. The molecule has 1 aromatic heterocycles. The Kier molecular flexibility index (Phi) is 5.18. The molecule has 8 aromatic carbocycles. The molecule has 0 radical (unpaired) electrons. The predicted molar refractivity (Wildman–Crippen MR) is 191 cm³/mol. The highest BCUT2D eigenvalue weighted by atomic mass is 16.3. The molecule has 0 unspecified atom stereocenters. The van der Waals surface area contributed by atoms with E-state index in [9.17, 15) is 0 Å². The van der Waals surface area contributed by atoms with Gasteiger partial charge in [0, 0.05) is 10.8 Å².